The van der Waals surface area contributed by atoms with Gasteiger partial charge in [-0.1, -0.05) is 56.3 Å². The molecule has 0 aliphatic carbocycles. The topological polar surface area (TPSA) is 75.3 Å². The summed E-state index contributed by atoms with van der Waals surface area (Å²) in [5.74, 6) is -0.778. The molecule has 27 heavy (non-hydrogen) atoms. The van der Waals surface area contributed by atoms with Crippen LogP contribution in [0, 0.1) is 0 Å². The third-order valence-corrected chi connectivity index (χ3v) is 4.72. The molecule has 1 aliphatic rings. The lowest BCUT2D eigenvalue weighted by Crippen LogP contribution is -2.30. The molecule has 138 valence electrons. The fourth-order valence-corrected chi connectivity index (χ4v) is 3.34. The molecule has 1 atom stereocenters. The van der Waals surface area contributed by atoms with Crippen molar-refractivity contribution in [3.05, 3.63) is 76.9 Å². The minimum absolute atomic E-state index is 0.0924. The second-order valence-corrected chi connectivity index (χ2v) is 6.37. The van der Waals surface area contributed by atoms with E-state index in [1.165, 1.54) is 0 Å². The van der Waals surface area contributed by atoms with E-state index in [0.717, 1.165) is 0 Å². The van der Waals surface area contributed by atoms with Gasteiger partial charge in [0.2, 0.25) is 0 Å². The smallest absolute Gasteiger partial charge is 0.256 e. The highest BCUT2D eigenvalue weighted by atomic mass is 16.2. The molecule has 1 aliphatic heterocycles. The van der Waals surface area contributed by atoms with Crippen LogP contribution in [0.1, 0.15) is 42.6 Å². The van der Waals surface area contributed by atoms with Crippen molar-refractivity contribution in [2.75, 3.05) is 5.32 Å². The molecule has 5 heteroatoms. The summed E-state index contributed by atoms with van der Waals surface area (Å²) in [6.07, 6.45) is 1.09. The maximum Gasteiger partial charge on any atom is 0.256 e. The summed E-state index contributed by atoms with van der Waals surface area (Å²) < 4.78 is 0. The molecule has 1 heterocycles. The van der Waals surface area contributed by atoms with Crippen molar-refractivity contribution in [2.24, 2.45) is 0 Å². The van der Waals surface area contributed by atoms with E-state index in [-0.39, 0.29) is 23.6 Å². The molecular weight excluding hydrogens is 340 g/mol. The number of hydrogen-bond donors (Lipinski definition) is 2. The number of anilines is 1. The third-order valence-electron chi connectivity index (χ3n) is 4.72. The molecule has 1 unspecified atom stereocenters. The van der Waals surface area contributed by atoms with Crippen LogP contribution < -0.4 is 10.6 Å². The quantitative estimate of drug-likeness (QED) is 0.584. The molecule has 0 aromatic heterocycles. The van der Waals surface area contributed by atoms with Crippen molar-refractivity contribution >= 4 is 23.3 Å². The van der Waals surface area contributed by atoms with E-state index < -0.39 is 0 Å². The van der Waals surface area contributed by atoms with Crippen molar-refractivity contribution in [1.82, 2.24) is 5.32 Å². The average Bonchev–Trinajstić information content (AvgIpc) is 2.99. The van der Waals surface area contributed by atoms with Gasteiger partial charge in [0.25, 0.3) is 11.8 Å². The Morgan fingerprint density at radius 2 is 1.63 bits per heavy atom. The monoisotopic (exact) mass is 362 g/mol. The van der Waals surface area contributed by atoms with Crippen molar-refractivity contribution in [2.45, 2.75) is 32.7 Å². The Hall–Kier alpha value is -3.21. The van der Waals surface area contributed by atoms with Gasteiger partial charge in [-0.25, -0.2) is 0 Å². The average molecular weight is 362 g/mol. The first kappa shape index (κ1) is 18.6. The second-order valence-electron chi connectivity index (χ2n) is 6.37. The van der Waals surface area contributed by atoms with Gasteiger partial charge in [0.05, 0.1) is 6.04 Å². The number of nitrogens with one attached hydrogen (secondary N) is 2. The minimum Gasteiger partial charge on any atom is -0.377 e. The maximum absolute atomic E-state index is 12.9. The van der Waals surface area contributed by atoms with Gasteiger partial charge in [0.15, 0.2) is 5.78 Å². The van der Waals surface area contributed by atoms with Crippen molar-refractivity contribution < 1.29 is 14.4 Å². The number of amides is 2. The summed E-state index contributed by atoms with van der Waals surface area (Å²) in [5.41, 5.74) is 2.75. The van der Waals surface area contributed by atoms with E-state index in [4.69, 9.17) is 0 Å². The minimum atomic E-state index is -0.358. The van der Waals surface area contributed by atoms with E-state index in [2.05, 4.69) is 10.6 Å². The lowest BCUT2D eigenvalue weighted by molar-refractivity contribution is -0.124. The first-order valence-electron chi connectivity index (χ1n) is 9.10. The third kappa shape index (κ3) is 3.67. The van der Waals surface area contributed by atoms with E-state index in [9.17, 15) is 14.4 Å². The molecule has 0 saturated carbocycles. The van der Waals surface area contributed by atoms with Crippen LogP contribution in [0.25, 0.3) is 0 Å². The molecule has 5 nitrogen and oxygen atoms in total. The number of hydrogen-bond acceptors (Lipinski definition) is 4. The number of para-hydroxylation sites is 1. The highest BCUT2D eigenvalue weighted by Crippen LogP contribution is 2.26. The zero-order valence-electron chi connectivity index (χ0n) is 15.4. The number of rotatable bonds is 7. The standard InChI is InChI=1S/C22H22N2O3/c1-3-15-19(22(27)24-21(15)26)17(4-2)23-18-13-9-8-12-16(18)20(25)14-10-6-5-7-11-14/h5-13,17,23H,3-4H2,1-2H3,(H,24,26,27). The van der Waals surface area contributed by atoms with E-state index in [1.54, 1.807) is 18.2 Å². The molecule has 2 aromatic carbocycles. The Kier molecular flexibility index (Phi) is 5.50. The lowest BCUT2D eigenvalue weighted by Gasteiger charge is -2.21. The number of carbonyl (C=O) groups excluding carboxylic acids is 3. The van der Waals surface area contributed by atoms with Gasteiger partial charge in [0, 0.05) is 28.0 Å². The van der Waals surface area contributed by atoms with Crippen molar-refractivity contribution in [3.8, 4) is 0 Å². The molecule has 3 rings (SSSR count). The highest BCUT2D eigenvalue weighted by molar-refractivity contribution is 6.20. The lowest BCUT2D eigenvalue weighted by atomic mass is 9.96. The summed E-state index contributed by atoms with van der Waals surface area (Å²) >= 11 is 0. The van der Waals surface area contributed by atoms with Gasteiger partial charge in [-0.15, -0.1) is 0 Å². The zero-order valence-corrected chi connectivity index (χ0v) is 15.4. The van der Waals surface area contributed by atoms with E-state index >= 15 is 0 Å². The molecule has 2 aromatic rings. The number of imide groups is 1. The molecule has 0 saturated heterocycles. The van der Waals surface area contributed by atoms with Crippen LogP contribution in [0.3, 0.4) is 0 Å². The summed E-state index contributed by atoms with van der Waals surface area (Å²) in [7, 11) is 0. The molecular formula is C22H22N2O3. The normalized spacial score (nSPS) is 14.9. The molecule has 2 amide bonds. The Balaban J connectivity index is 1.96. The predicted molar refractivity (Wildman–Crippen MR) is 104 cm³/mol. The van der Waals surface area contributed by atoms with Gasteiger partial charge in [-0.3, -0.25) is 19.7 Å². The van der Waals surface area contributed by atoms with Crippen molar-refractivity contribution in [3.63, 3.8) is 0 Å². The number of carbonyl (C=O) groups is 3. The van der Waals surface area contributed by atoms with Gasteiger partial charge < -0.3 is 5.32 Å². The largest absolute Gasteiger partial charge is 0.377 e. The van der Waals surface area contributed by atoms with Crippen LogP contribution in [0.15, 0.2) is 65.7 Å². The molecule has 0 fully saturated rings. The molecule has 0 bridgehead atoms. The van der Waals surface area contributed by atoms with Gasteiger partial charge in [-0.2, -0.15) is 0 Å². The Bertz CT molecular complexity index is 916. The summed E-state index contributed by atoms with van der Waals surface area (Å²) in [5, 5.41) is 5.69. The Labute approximate surface area is 158 Å². The number of benzene rings is 2. The Morgan fingerprint density at radius 1 is 0.963 bits per heavy atom. The van der Waals surface area contributed by atoms with Gasteiger partial charge >= 0.3 is 0 Å². The van der Waals surface area contributed by atoms with Gasteiger partial charge in [0.1, 0.15) is 0 Å². The van der Waals surface area contributed by atoms with E-state index in [0.29, 0.717) is 40.8 Å². The highest BCUT2D eigenvalue weighted by Gasteiger charge is 2.33. The SMILES string of the molecule is CCC1=C(C(CC)Nc2ccccc2C(=O)c2ccccc2)C(=O)NC1=O. The predicted octanol–water partition coefficient (Wildman–Crippen LogP) is 3.47. The van der Waals surface area contributed by atoms with Gasteiger partial charge in [-0.05, 0) is 25.0 Å². The zero-order chi connectivity index (χ0) is 19.4. The van der Waals surface area contributed by atoms with Crippen LogP contribution >= 0.6 is 0 Å². The van der Waals surface area contributed by atoms with Crippen molar-refractivity contribution in [1.29, 1.82) is 0 Å². The second kappa shape index (κ2) is 7.99. The van der Waals surface area contributed by atoms with Crippen LogP contribution in [-0.4, -0.2) is 23.6 Å². The first-order valence-corrected chi connectivity index (χ1v) is 9.10. The fourth-order valence-electron chi connectivity index (χ4n) is 3.34. The summed E-state index contributed by atoms with van der Waals surface area (Å²) in [6.45, 7) is 3.79. The molecule has 0 radical (unpaired) electrons. The number of ketones is 1. The first-order chi connectivity index (χ1) is 13.1. The molecule has 2 N–H and O–H groups in total. The maximum atomic E-state index is 12.9. The fraction of sp³-hybridized carbons (Fsp3) is 0.227. The van der Waals surface area contributed by atoms with Crippen LogP contribution in [-0.2, 0) is 9.59 Å². The Morgan fingerprint density at radius 3 is 2.30 bits per heavy atom. The summed E-state index contributed by atoms with van der Waals surface area (Å²) in [6, 6.07) is 15.9. The summed E-state index contributed by atoms with van der Waals surface area (Å²) in [4.78, 5) is 37.2. The van der Waals surface area contributed by atoms with Crippen LogP contribution in [0.5, 0.6) is 0 Å². The van der Waals surface area contributed by atoms with Crippen LogP contribution in [0.4, 0.5) is 5.69 Å². The van der Waals surface area contributed by atoms with Crippen LogP contribution in [0.2, 0.25) is 0 Å². The van der Waals surface area contributed by atoms with E-state index in [1.807, 2.05) is 50.2 Å². The molecule has 0 spiro atoms.